The SMILES string of the molecule is CCCSc1c(Cl)ccc(C(=O)C(C#N)C(=O)C2CC2)c1SC. The Kier molecular flexibility index (Phi) is 6.58. The van der Waals surface area contributed by atoms with Crippen LogP contribution in [0.2, 0.25) is 5.02 Å². The fraction of sp³-hybridized carbons (Fsp3) is 0.471. The molecule has 1 unspecified atom stereocenters. The van der Waals surface area contributed by atoms with E-state index in [1.165, 1.54) is 11.8 Å². The van der Waals surface area contributed by atoms with Gasteiger partial charge in [0, 0.05) is 21.3 Å². The van der Waals surface area contributed by atoms with Crippen LogP contribution < -0.4 is 0 Å². The van der Waals surface area contributed by atoms with Gasteiger partial charge in [-0.05, 0) is 43.4 Å². The van der Waals surface area contributed by atoms with E-state index < -0.39 is 11.7 Å². The number of rotatable bonds is 8. The number of hydrogen-bond acceptors (Lipinski definition) is 5. The molecule has 0 amide bonds. The van der Waals surface area contributed by atoms with E-state index >= 15 is 0 Å². The lowest BCUT2D eigenvalue weighted by Crippen LogP contribution is -2.24. The summed E-state index contributed by atoms with van der Waals surface area (Å²) in [4.78, 5) is 26.6. The molecule has 1 aliphatic carbocycles. The Morgan fingerprint density at radius 2 is 2.09 bits per heavy atom. The van der Waals surface area contributed by atoms with Gasteiger partial charge in [0.25, 0.3) is 0 Å². The van der Waals surface area contributed by atoms with Crippen LogP contribution in [0.25, 0.3) is 0 Å². The van der Waals surface area contributed by atoms with Gasteiger partial charge >= 0.3 is 0 Å². The molecule has 1 aromatic carbocycles. The van der Waals surface area contributed by atoms with E-state index in [1.807, 2.05) is 12.3 Å². The molecule has 0 spiro atoms. The Labute approximate surface area is 150 Å². The zero-order chi connectivity index (χ0) is 17.0. The number of carbonyl (C=O) groups is 2. The minimum atomic E-state index is -1.20. The standard InChI is InChI=1S/C17H18ClNO2S2/c1-3-8-23-17-13(18)7-6-11(16(17)22-2)15(21)12(9-19)14(20)10-4-5-10/h6-7,10,12H,3-5,8H2,1-2H3. The molecule has 0 aliphatic heterocycles. The molecule has 0 N–H and O–H groups in total. The van der Waals surface area contributed by atoms with Crippen LogP contribution in [0.5, 0.6) is 0 Å². The Balaban J connectivity index is 2.39. The highest BCUT2D eigenvalue weighted by atomic mass is 35.5. The van der Waals surface area contributed by atoms with Crippen molar-refractivity contribution < 1.29 is 9.59 Å². The van der Waals surface area contributed by atoms with Crippen molar-refractivity contribution in [1.29, 1.82) is 5.26 Å². The molecule has 3 nitrogen and oxygen atoms in total. The fourth-order valence-electron chi connectivity index (χ4n) is 2.28. The number of hydrogen-bond donors (Lipinski definition) is 0. The Morgan fingerprint density at radius 1 is 1.39 bits per heavy atom. The van der Waals surface area contributed by atoms with Crippen molar-refractivity contribution in [3.8, 4) is 6.07 Å². The molecule has 1 atom stereocenters. The first kappa shape index (κ1) is 18.4. The molecule has 0 aromatic heterocycles. The third-order valence-electron chi connectivity index (χ3n) is 3.64. The van der Waals surface area contributed by atoms with Crippen LogP contribution in [-0.2, 0) is 4.79 Å². The second-order valence-electron chi connectivity index (χ2n) is 5.41. The fourth-order valence-corrected chi connectivity index (χ4v) is 4.63. The van der Waals surface area contributed by atoms with E-state index in [9.17, 15) is 14.9 Å². The second kappa shape index (κ2) is 8.23. The van der Waals surface area contributed by atoms with Gasteiger partial charge in [-0.15, -0.1) is 23.5 Å². The summed E-state index contributed by atoms with van der Waals surface area (Å²) in [7, 11) is 0. The lowest BCUT2D eigenvalue weighted by Gasteiger charge is -2.15. The van der Waals surface area contributed by atoms with Crippen molar-refractivity contribution in [3.05, 3.63) is 22.7 Å². The molecule has 2 rings (SSSR count). The van der Waals surface area contributed by atoms with E-state index in [1.54, 1.807) is 23.9 Å². The summed E-state index contributed by atoms with van der Waals surface area (Å²) in [6, 6.07) is 5.22. The van der Waals surface area contributed by atoms with Crippen LogP contribution >= 0.6 is 35.1 Å². The van der Waals surface area contributed by atoms with Gasteiger partial charge in [-0.1, -0.05) is 18.5 Å². The summed E-state index contributed by atoms with van der Waals surface area (Å²) < 4.78 is 0. The highest BCUT2D eigenvalue weighted by molar-refractivity contribution is 8.02. The summed E-state index contributed by atoms with van der Waals surface area (Å²) in [5.74, 6) is -1.04. The third kappa shape index (κ3) is 4.12. The Bertz CT molecular complexity index is 665. The zero-order valence-electron chi connectivity index (χ0n) is 13.1. The molecule has 0 heterocycles. The lowest BCUT2D eigenvalue weighted by molar-refractivity contribution is -0.121. The van der Waals surface area contributed by atoms with E-state index in [2.05, 4.69) is 6.92 Å². The average molecular weight is 368 g/mol. The summed E-state index contributed by atoms with van der Waals surface area (Å²) in [5, 5.41) is 9.91. The van der Waals surface area contributed by atoms with Crippen LogP contribution in [0.1, 0.15) is 36.5 Å². The van der Waals surface area contributed by atoms with E-state index in [0.29, 0.717) is 10.6 Å². The summed E-state index contributed by atoms with van der Waals surface area (Å²) in [6.07, 6.45) is 4.45. The molecule has 0 bridgehead atoms. The van der Waals surface area contributed by atoms with Gasteiger partial charge in [0.15, 0.2) is 17.5 Å². The minimum absolute atomic E-state index is 0.109. The minimum Gasteiger partial charge on any atom is -0.297 e. The monoisotopic (exact) mass is 367 g/mol. The van der Waals surface area contributed by atoms with Crippen LogP contribution in [0.4, 0.5) is 0 Å². The Hall–Kier alpha value is -0.960. The number of thioether (sulfide) groups is 2. The molecule has 1 aliphatic rings. The normalized spacial score (nSPS) is 15.0. The van der Waals surface area contributed by atoms with Crippen LogP contribution in [0.3, 0.4) is 0 Å². The van der Waals surface area contributed by atoms with Crippen molar-refractivity contribution in [2.45, 2.75) is 36.0 Å². The number of carbonyl (C=O) groups excluding carboxylic acids is 2. The van der Waals surface area contributed by atoms with Gasteiger partial charge in [-0.3, -0.25) is 9.59 Å². The highest BCUT2D eigenvalue weighted by Gasteiger charge is 2.39. The largest absolute Gasteiger partial charge is 0.297 e. The number of Topliss-reactive ketones (excluding diaryl/α,β-unsaturated/α-hetero) is 2. The van der Waals surface area contributed by atoms with Crippen molar-refractivity contribution in [2.24, 2.45) is 11.8 Å². The molecular formula is C17H18ClNO2S2. The molecule has 0 saturated heterocycles. The average Bonchev–Trinajstić information content (AvgIpc) is 3.38. The first-order valence-electron chi connectivity index (χ1n) is 7.51. The predicted octanol–water partition coefficient (Wildman–Crippen LogP) is 4.87. The van der Waals surface area contributed by atoms with Crippen LogP contribution in [0, 0.1) is 23.2 Å². The maximum Gasteiger partial charge on any atom is 0.188 e. The van der Waals surface area contributed by atoms with Gasteiger partial charge in [0.2, 0.25) is 0 Å². The maximum atomic E-state index is 12.8. The van der Waals surface area contributed by atoms with Gasteiger partial charge in [-0.25, -0.2) is 0 Å². The van der Waals surface area contributed by atoms with Gasteiger partial charge in [0.1, 0.15) is 0 Å². The van der Waals surface area contributed by atoms with Crippen molar-refractivity contribution >= 4 is 46.7 Å². The van der Waals surface area contributed by atoms with Crippen LogP contribution in [0.15, 0.2) is 21.9 Å². The van der Waals surface area contributed by atoms with Gasteiger partial charge in [-0.2, -0.15) is 5.26 Å². The third-order valence-corrected chi connectivity index (χ3v) is 6.35. The van der Waals surface area contributed by atoms with E-state index in [4.69, 9.17) is 11.6 Å². The smallest absolute Gasteiger partial charge is 0.188 e. The van der Waals surface area contributed by atoms with E-state index in [0.717, 1.165) is 34.8 Å². The number of nitriles is 1. The second-order valence-corrected chi connectivity index (χ2v) is 7.74. The van der Waals surface area contributed by atoms with Crippen molar-refractivity contribution in [2.75, 3.05) is 12.0 Å². The van der Waals surface area contributed by atoms with Gasteiger partial charge < -0.3 is 0 Å². The molecule has 0 radical (unpaired) electrons. The zero-order valence-corrected chi connectivity index (χ0v) is 15.5. The summed E-state index contributed by atoms with van der Waals surface area (Å²) >= 11 is 9.31. The highest BCUT2D eigenvalue weighted by Crippen LogP contribution is 2.40. The maximum absolute atomic E-state index is 12.8. The lowest BCUT2D eigenvalue weighted by atomic mass is 9.92. The number of halogens is 1. The molecule has 6 heteroatoms. The summed E-state index contributed by atoms with van der Waals surface area (Å²) in [6.45, 7) is 2.08. The molecule has 1 aromatic rings. The molecule has 1 saturated carbocycles. The first-order chi connectivity index (χ1) is 11.0. The predicted molar refractivity (Wildman–Crippen MR) is 95.4 cm³/mol. The van der Waals surface area contributed by atoms with Crippen LogP contribution in [-0.4, -0.2) is 23.6 Å². The molecule has 1 fully saturated rings. The Morgan fingerprint density at radius 3 is 2.61 bits per heavy atom. The molecule has 23 heavy (non-hydrogen) atoms. The first-order valence-corrected chi connectivity index (χ1v) is 10.1. The molecular weight excluding hydrogens is 350 g/mol. The molecule has 122 valence electrons. The summed E-state index contributed by atoms with van der Waals surface area (Å²) in [5.41, 5.74) is 0.432. The van der Waals surface area contributed by atoms with Crippen molar-refractivity contribution in [1.82, 2.24) is 0 Å². The van der Waals surface area contributed by atoms with E-state index in [-0.39, 0.29) is 11.7 Å². The van der Waals surface area contributed by atoms with Gasteiger partial charge in [0.05, 0.1) is 11.1 Å². The van der Waals surface area contributed by atoms with Crippen molar-refractivity contribution in [3.63, 3.8) is 0 Å². The number of benzene rings is 1. The quantitative estimate of drug-likeness (QED) is 0.373. The number of ketones is 2. The topological polar surface area (TPSA) is 57.9 Å². The number of nitrogens with zero attached hydrogens (tertiary/aromatic N) is 1.